The predicted molar refractivity (Wildman–Crippen MR) is 67.2 cm³/mol. The summed E-state index contributed by atoms with van der Waals surface area (Å²) < 4.78 is 24.3. The summed E-state index contributed by atoms with van der Waals surface area (Å²) in [5, 5.41) is 49.0. The van der Waals surface area contributed by atoms with Gasteiger partial charge < -0.3 is 30.3 Å². The third-order valence-electron chi connectivity index (χ3n) is 3.11. The van der Waals surface area contributed by atoms with Crippen molar-refractivity contribution in [1.29, 1.82) is 0 Å². The first-order valence-corrected chi connectivity index (χ1v) is 8.07. The number of sulfone groups is 1. The molecule has 11 heteroatoms. The van der Waals surface area contributed by atoms with Gasteiger partial charge in [0.1, 0.15) is 18.3 Å². The number of halogens is 1. The van der Waals surface area contributed by atoms with Gasteiger partial charge in [-0.1, -0.05) is 0 Å². The highest BCUT2D eigenvalue weighted by molar-refractivity contribution is 9.10. The van der Waals surface area contributed by atoms with Crippen LogP contribution in [0.5, 0.6) is 0 Å². The minimum absolute atomic E-state index is 0.638. The van der Waals surface area contributed by atoms with Gasteiger partial charge in [0.15, 0.2) is 21.1 Å². The molecule has 0 aromatic rings. The molecule has 20 heavy (non-hydrogen) atoms. The number of ketones is 1. The highest BCUT2D eigenvalue weighted by Crippen LogP contribution is 2.42. The summed E-state index contributed by atoms with van der Waals surface area (Å²) in [5.74, 6) is -1.14. The van der Waals surface area contributed by atoms with Crippen molar-refractivity contribution in [2.24, 2.45) is 0 Å². The van der Waals surface area contributed by atoms with Crippen molar-refractivity contribution in [3.63, 3.8) is 0 Å². The average molecular weight is 379 g/mol. The fraction of sp³-hybridized carbons (Fsp3) is 0.889. The Morgan fingerprint density at radius 3 is 2.15 bits per heavy atom. The highest BCUT2D eigenvalue weighted by Gasteiger charge is 2.67. The highest BCUT2D eigenvalue weighted by atomic mass is 79.9. The molecular formula is C9H15BrO9S. The fourth-order valence-electron chi connectivity index (χ4n) is 1.84. The third-order valence-corrected chi connectivity index (χ3v) is 5.04. The molecule has 1 aliphatic heterocycles. The minimum atomic E-state index is -4.11. The second-order valence-electron chi connectivity index (χ2n) is 4.62. The van der Waals surface area contributed by atoms with Crippen LogP contribution < -0.4 is 0 Å². The van der Waals surface area contributed by atoms with Crippen LogP contribution in [-0.4, -0.2) is 80.0 Å². The van der Waals surface area contributed by atoms with E-state index in [1.54, 1.807) is 0 Å². The number of carbonyl (C=O) groups excluding carboxylic acids is 1. The number of hydrogen-bond donors (Lipinski definition) is 5. The lowest BCUT2D eigenvalue weighted by Gasteiger charge is -2.49. The van der Waals surface area contributed by atoms with Crippen molar-refractivity contribution < 1.29 is 43.5 Å². The van der Waals surface area contributed by atoms with Gasteiger partial charge in [-0.05, 0) is 22.9 Å². The first kappa shape index (κ1) is 17.9. The van der Waals surface area contributed by atoms with Gasteiger partial charge in [0.2, 0.25) is 5.60 Å². The molecule has 9 nitrogen and oxygen atoms in total. The maximum atomic E-state index is 11.4. The number of hydrogen-bond acceptors (Lipinski definition) is 9. The molecule has 2 unspecified atom stereocenters. The molecule has 1 aliphatic rings. The van der Waals surface area contributed by atoms with E-state index in [9.17, 15) is 38.7 Å². The van der Waals surface area contributed by atoms with Gasteiger partial charge in [-0.25, -0.2) is 8.42 Å². The van der Waals surface area contributed by atoms with Gasteiger partial charge in [-0.2, -0.15) is 0 Å². The Kier molecular flexibility index (Phi) is 4.70. The lowest BCUT2D eigenvalue weighted by atomic mass is 9.83. The van der Waals surface area contributed by atoms with E-state index in [1.165, 1.54) is 0 Å². The van der Waals surface area contributed by atoms with Gasteiger partial charge in [0.05, 0.1) is 0 Å². The van der Waals surface area contributed by atoms with E-state index in [1.807, 2.05) is 0 Å². The van der Waals surface area contributed by atoms with Crippen LogP contribution in [0.2, 0.25) is 0 Å². The van der Waals surface area contributed by atoms with E-state index >= 15 is 0 Å². The number of ether oxygens (including phenoxy) is 1. The van der Waals surface area contributed by atoms with Crippen molar-refractivity contribution in [1.82, 2.24) is 0 Å². The van der Waals surface area contributed by atoms with Crippen LogP contribution in [-0.2, 0) is 19.4 Å². The Labute approximate surface area is 122 Å². The van der Waals surface area contributed by atoms with Crippen molar-refractivity contribution in [2.75, 3.05) is 6.26 Å². The summed E-state index contributed by atoms with van der Waals surface area (Å²) >= 11 is 2.44. The Hall–Kier alpha value is -0.140. The Balaban J connectivity index is 3.27. The standard InChI is InChI=1S/C9H15BrO9S/c1-3(11)8(15)6(13)4(12)5(19-9(8,10)16)7(14)20(2,17)18/h4-7,12-16H,1-2H3/t4-,5+,6+,7?,8+,9?/m1/s1. The predicted octanol–water partition coefficient (Wildman–Crippen LogP) is -3.17. The second-order valence-corrected chi connectivity index (χ2v) is 7.84. The van der Waals surface area contributed by atoms with E-state index < -0.39 is 49.7 Å². The molecule has 0 aromatic carbocycles. The van der Waals surface area contributed by atoms with Crippen LogP contribution in [0.3, 0.4) is 0 Å². The lowest BCUT2D eigenvalue weighted by molar-refractivity contribution is -0.333. The number of aliphatic hydroxyl groups is 5. The molecule has 0 bridgehead atoms. The quantitative estimate of drug-likeness (QED) is 0.319. The molecule has 0 spiro atoms. The number of alkyl halides is 1. The zero-order valence-electron chi connectivity index (χ0n) is 10.5. The lowest BCUT2D eigenvalue weighted by Crippen LogP contribution is -2.74. The Bertz CT molecular complexity index is 504. The molecule has 0 saturated carbocycles. The molecule has 5 N–H and O–H groups in total. The summed E-state index contributed by atoms with van der Waals surface area (Å²) in [4.78, 5) is 11.4. The minimum Gasteiger partial charge on any atom is -0.387 e. The normalized spacial score (nSPS) is 44.1. The largest absolute Gasteiger partial charge is 0.387 e. The van der Waals surface area contributed by atoms with Crippen molar-refractivity contribution in [3.05, 3.63) is 0 Å². The summed E-state index contributed by atoms with van der Waals surface area (Å²) in [6.45, 7) is 0.818. The van der Waals surface area contributed by atoms with Gasteiger partial charge in [-0.3, -0.25) is 4.79 Å². The van der Waals surface area contributed by atoms with E-state index in [4.69, 9.17) is 0 Å². The smallest absolute Gasteiger partial charge is 0.264 e. The van der Waals surface area contributed by atoms with Crippen LogP contribution in [0.25, 0.3) is 0 Å². The van der Waals surface area contributed by atoms with E-state index in [0.717, 1.165) is 6.92 Å². The number of aliphatic hydroxyl groups excluding tert-OH is 3. The molecule has 1 heterocycles. The maximum Gasteiger partial charge on any atom is 0.264 e. The van der Waals surface area contributed by atoms with E-state index in [2.05, 4.69) is 20.7 Å². The van der Waals surface area contributed by atoms with Crippen LogP contribution in [0.4, 0.5) is 0 Å². The van der Waals surface area contributed by atoms with Crippen LogP contribution in [0.15, 0.2) is 0 Å². The number of carbonyl (C=O) groups is 1. The van der Waals surface area contributed by atoms with Crippen LogP contribution in [0.1, 0.15) is 6.92 Å². The summed E-state index contributed by atoms with van der Waals surface area (Å²) in [6.07, 6.45) is -5.77. The number of rotatable bonds is 3. The fourth-order valence-corrected chi connectivity index (χ4v) is 3.28. The van der Waals surface area contributed by atoms with Gasteiger partial charge in [0, 0.05) is 6.26 Å². The van der Waals surface area contributed by atoms with Gasteiger partial charge in [0.25, 0.3) is 4.70 Å². The van der Waals surface area contributed by atoms with Crippen LogP contribution >= 0.6 is 15.9 Å². The second kappa shape index (κ2) is 5.25. The average Bonchev–Trinajstić information content (AvgIpc) is 2.29. The molecule has 0 aromatic heterocycles. The molecule has 118 valence electrons. The zero-order valence-corrected chi connectivity index (χ0v) is 12.9. The molecular weight excluding hydrogens is 364 g/mol. The summed E-state index contributed by atoms with van der Waals surface area (Å²) in [7, 11) is -4.11. The maximum absolute atomic E-state index is 11.4. The monoisotopic (exact) mass is 378 g/mol. The zero-order chi connectivity index (χ0) is 16.1. The molecule has 1 fully saturated rings. The van der Waals surface area contributed by atoms with Crippen molar-refractivity contribution >= 4 is 31.6 Å². The van der Waals surface area contributed by atoms with Crippen molar-refractivity contribution in [2.45, 2.75) is 41.0 Å². The SMILES string of the molecule is CC(=O)[C@]1(O)[C@@H](O)[C@H](O)[C@@H](C(O)S(C)(=O)=O)OC1(O)Br. The van der Waals surface area contributed by atoms with Gasteiger partial charge >= 0.3 is 0 Å². The number of Topliss-reactive ketones (excluding diaryl/α,β-unsaturated/α-hetero) is 1. The molecule has 0 radical (unpaired) electrons. The Morgan fingerprint density at radius 1 is 1.35 bits per heavy atom. The van der Waals surface area contributed by atoms with E-state index in [-0.39, 0.29) is 0 Å². The Morgan fingerprint density at radius 2 is 1.80 bits per heavy atom. The molecule has 0 amide bonds. The third kappa shape index (κ3) is 2.64. The molecule has 6 atom stereocenters. The molecule has 1 rings (SSSR count). The molecule has 0 aliphatic carbocycles. The first-order valence-electron chi connectivity index (χ1n) is 5.32. The topological polar surface area (TPSA) is 162 Å². The summed E-state index contributed by atoms with van der Waals surface area (Å²) in [5.41, 5.74) is -5.23. The van der Waals surface area contributed by atoms with E-state index in [0.29, 0.717) is 6.26 Å². The molecule has 1 saturated heterocycles. The van der Waals surface area contributed by atoms with Crippen LogP contribution in [0, 0.1) is 0 Å². The van der Waals surface area contributed by atoms with Gasteiger partial charge in [-0.15, -0.1) is 0 Å². The first-order chi connectivity index (χ1) is 8.76. The summed E-state index contributed by atoms with van der Waals surface area (Å²) in [6, 6.07) is 0. The van der Waals surface area contributed by atoms with Crippen molar-refractivity contribution in [3.8, 4) is 0 Å².